The molecule has 2 aromatic rings. The minimum absolute atomic E-state index is 0.417. The lowest BCUT2D eigenvalue weighted by Gasteiger charge is -2.24. The predicted molar refractivity (Wildman–Crippen MR) is 127 cm³/mol. The maximum atomic E-state index is 6.02. The van der Waals surface area contributed by atoms with Gasteiger partial charge in [0.15, 0.2) is 0 Å². The molecule has 0 aromatic heterocycles. The number of nitrogens with one attached hydrogen (secondary N) is 3. The molecule has 2 rings (SSSR count). The van der Waals surface area contributed by atoms with Gasteiger partial charge in [0.1, 0.15) is 0 Å². The fraction of sp³-hybridized carbons (Fsp3) is 0.600. The van der Waals surface area contributed by atoms with Crippen LogP contribution in [0.1, 0.15) is 57.4 Å². The molecule has 4 heteroatoms. The van der Waals surface area contributed by atoms with E-state index in [1.54, 1.807) is 0 Å². The van der Waals surface area contributed by atoms with Crippen molar-refractivity contribution >= 4 is 10.8 Å². The number of rotatable bonds is 16. The topological polar surface area (TPSA) is 62.1 Å². The van der Waals surface area contributed by atoms with Crippen molar-refractivity contribution in [3.63, 3.8) is 0 Å². The lowest BCUT2D eigenvalue weighted by Crippen LogP contribution is -2.45. The summed E-state index contributed by atoms with van der Waals surface area (Å²) in [6.45, 7) is 5.97. The largest absolute Gasteiger partial charge is 0.329 e. The summed E-state index contributed by atoms with van der Waals surface area (Å²) in [7, 11) is 2.02. The zero-order valence-electron chi connectivity index (χ0n) is 18.6. The lowest BCUT2D eigenvalue weighted by molar-refractivity contribution is 0.388. The van der Waals surface area contributed by atoms with Crippen molar-refractivity contribution in [3.05, 3.63) is 48.0 Å². The molecule has 0 aliphatic heterocycles. The van der Waals surface area contributed by atoms with Crippen LogP contribution in [0.25, 0.3) is 10.8 Å². The zero-order chi connectivity index (χ0) is 20.7. The van der Waals surface area contributed by atoms with Crippen LogP contribution in [0, 0.1) is 0 Å². The second-order valence-corrected chi connectivity index (χ2v) is 8.15. The van der Waals surface area contributed by atoms with E-state index in [1.165, 1.54) is 54.9 Å². The third kappa shape index (κ3) is 8.83. The standard InChI is InChI=1S/C25H42N4/c1-3-4-5-15-24(20-29-23(18-26)14-8-9-17-27-2)28-19-22-13-10-12-21-11-6-7-16-25(21)22/h6-7,10-13,16,23-24,27-29H,3-5,8-9,14-15,17-20,26H2,1-2H3/t23-,24+/m1/s1. The quantitative estimate of drug-likeness (QED) is 0.320. The molecule has 2 atom stereocenters. The van der Waals surface area contributed by atoms with Crippen molar-refractivity contribution in [3.8, 4) is 0 Å². The molecule has 0 bridgehead atoms. The number of unbranched alkanes of at least 4 members (excludes halogenated alkanes) is 3. The summed E-state index contributed by atoms with van der Waals surface area (Å²) >= 11 is 0. The Balaban J connectivity index is 1.89. The molecule has 162 valence electrons. The van der Waals surface area contributed by atoms with Gasteiger partial charge in [-0.25, -0.2) is 0 Å². The molecule has 0 spiro atoms. The maximum Gasteiger partial charge on any atom is 0.0214 e. The number of hydrogen-bond acceptors (Lipinski definition) is 4. The Kier molecular flexibility index (Phi) is 11.9. The Morgan fingerprint density at radius 3 is 2.41 bits per heavy atom. The Bertz CT molecular complexity index is 667. The fourth-order valence-corrected chi connectivity index (χ4v) is 3.92. The summed E-state index contributed by atoms with van der Waals surface area (Å²) in [6.07, 6.45) is 8.65. The number of benzene rings is 2. The van der Waals surface area contributed by atoms with E-state index >= 15 is 0 Å². The van der Waals surface area contributed by atoms with E-state index in [4.69, 9.17) is 5.73 Å². The van der Waals surface area contributed by atoms with Crippen LogP contribution in [-0.2, 0) is 6.54 Å². The van der Waals surface area contributed by atoms with E-state index in [-0.39, 0.29) is 0 Å². The summed E-state index contributed by atoms with van der Waals surface area (Å²) in [5.74, 6) is 0. The van der Waals surface area contributed by atoms with Crippen molar-refractivity contribution in [2.45, 2.75) is 70.5 Å². The van der Waals surface area contributed by atoms with E-state index in [2.05, 4.69) is 65.3 Å². The van der Waals surface area contributed by atoms with E-state index in [0.717, 1.165) is 26.1 Å². The van der Waals surface area contributed by atoms with Crippen molar-refractivity contribution < 1.29 is 0 Å². The molecule has 0 heterocycles. The van der Waals surface area contributed by atoms with Crippen molar-refractivity contribution in [2.75, 3.05) is 26.7 Å². The van der Waals surface area contributed by atoms with Crippen LogP contribution in [0.4, 0.5) is 0 Å². The first-order chi connectivity index (χ1) is 14.3. The van der Waals surface area contributed by atoms with Gasteiger partial charge in [-0.2, -0.15) is 0 Å². The van der Waals surface area contributed by atoms with E-state index < -0.39 is 0 Å². The zero-order valence-corrected chi connectivity index (χ0v) is 18.6. The highest BCUT2D eigenvalue weighted by Gasteiger charge is 2.12. The van der Waals surface area contributed by atoms with E-state index in [1.807, 2.05) is 7.05 Å². The molecule has 2 aromatic carbocycles. The maximum absolute atomic E-state index is 6.02. The molecule has 5 N–H and O–H groups in total. The van der Waals surface area contributed by atoms with Crippen LogP contribution < -0.4 is 21.7 Å². The molecule has 0 aliphatic carbocycles. The molecule has 29 heavy (non-hydrogen) atoms. The van der Waals surface area contributed by atoms with Crippen molar-refractivity contribution in [1.82, 2.24) is 16.0 Å². The van der Waals surface area contributed by atoms with Crippen LogP contribution in [0.3, 0.4) is 0 Å². The molecular formula is C25H42N4. The molecular weight excluding hydrogens is 356 g/mol. The Labute approximate surface area is 178 Å². The summed E-state index contributed by atoms with van der Waals surface area (Å²) < 4.78 is 0. The monoisotopic (exact) mass is 398 g/mol. The van der Waals surface area contributed by atoms with Gasteiger partial charge < -0.3 is 21.7 Å². The molecule has 0 saturated carbocycles. The number of hydrogen-bond donors (Lipinski definition) is 4. The van der Waals surface area contributed by atoms with Crippen LogP contribution in [0.2, 0.25) is 0 Å². The van der Waals surface area contributed by atoms with Crippen LogP contribution >= 0.6 is 0 Å². The average molecular weight is 399 g/mol. The first-order valence-electron chi connectivity index (χ1n) is 11.6. The molecule has 0 aliphatic rings. The molecule has 0 saturated heterocycles. The minimum Gasteiger partial charge on any atom is -0.329 e. The van der Waals surface area contributed by atoms with Crippen LogP contribution in [-0.4, -0.2) is 38.8 Å². The summed E-state index contributed by atoms with van der Waals surface area (Å²) in [4.78, 5) is 0. The first-order valence-corrected chi connectivity index (χ1v) is 11.6. The minimum atomic E-state index is 0.417. The Morgan fingerprint density at radius 2 is 1.62 bits per heavy atom. The van der Waals surface area contributed by atoms with Gasteiger partial charge >= 0.3 is 0 Å². The van der Waals surface area contributed by atoms with Gasteiger partial charge in [0.05, 0.1) is 0 Å². The molecule has 0 amide bonds. The Hall–Kier alpha value is -1.46. The second-order valence-electron chi connectivity index (χ2n) is 8.15. The van der Waals surface area contributed by atoms with Gasteiger partial charge in [-0.3, -0.25) is 0 Å². The van der Waals surface area contributed by atoms with Gasteiger partial charge in [0.2, 0.25) is 0 Å². The highest BCUT2D eigenvalue weighted by Crippen LogP contribution is 2.18. The van der Waals surface area contributed by atoms with Crippen LogP contribution in [0.15, 0.2) is 42.5 Å². The number of fused-ring (bicyclic) bond motifs is 1. The van der Waals surface area contributed by atoms with Crippen molar-refractivity contribution in [1.29, 1.82) is 0 Å². The SMILES string of the molecule is CCCCC[C@@H](CN[C@@H](CN)CCCCNC)NCc1cccc2ccccc12. The van der Waals surface area contributed by atoms with Gasteiger partial charge in [-0.1, -0.05) is 75.1 Å². The third-order valence-corrected chi connectivity index (χ3v) is 5.78. The third-order valence-electron chi connectivity index (χ3n) is 5.78. The van der Waals surface area contributed by atoms with Crippen molar-refractivity contribution in [2.24, 2.45) is 5.73 Å². The second kappa shape index (κ2) is 14.5. The normalized spacial score (nSPS) is 13.6. The predicted octanol–water partition coefficient (Wildman–Crippen LogP) is 4.18. The Morgan fingerprint density at radius 1 is 0.862 bits per heavy atom. The number of nitrogens with two attached hydrogens (primary N) is 1. The van der Waals surface area contributed by atoms with Gasteiger partial charge in [-0.05, 0) is 49.2 Å². The van der Waals surface area contributed by atoms with Crippen LogP contribution in [0.5, 0.6) is 0 Å². The molecule has 0 unspecified atom stereocenters. The van der Waals surface area contributed by atoms with Gasteiger partial charge in [0, 0.05) is 31.7 Å². The van der Waals surface area contributed by atoms with Gasteiger partial charge in [0.25, 0.3) is 0 Å². The highest BCUT2D eigenvalue weighted by atomic mass is 15.0. The molecule has 0 fully saturated rings. The lowest BCUT2D eigenvalue weighted by atomic mass is 10.0. The highest BCUT2D eigenvalue weighted by molar-refractivity contribution is 5.85. The summed E-state index contributed by atoms with van der Waals surface area (Å²) in [6, 6.07) is 16.2. The average Bonchev–Trinajstić information content (AvgIpc) is 2.76. The van der Waals surface area contributed by atoms with Gasteiger partial charge in [-0.15, -0.1) is 0 Å². The fourth-order valence-electron chi connectivity index (χ4n) is 3.92. The molecule has 4 nitrogen and oxygen atoms in total. The smallest absolute Gasteiger partial charge is 0.0214 e. The molecule has 0 radical (unpaired) electrons. The first kappa shape index (κ1) is 23.8. The summed E-state index contributed by atoms with van der Waals surface area (Å²) in [5, 5.41) is 13.5. The van der Waals surface area contributed by atoms with E-state index in [9.17, 15) is 0 Å². The summed E-state index contributed by atoms with van der Waals surface area (Å²) in [5.41, 5.74) is 7.40. The van der Waals surface area contributed by atoms with E-state index in [0.29, 0.717) is 18.6 Å².